The van der Waals surface area contributed by atoms with Crippen LogP contribution in [0.3, 0.4) is 0 Å². The quantitative estimate of drug-likeness (QED) is 0.609. The molecule has 0 aliphatic carbocycles. The number of hydrogen-bond acceptors (Lipinski definition) is 2. The van der Waals surface area contributed by atoms with E-state index in [2.05, 4.69) is 5.32 Å². The van der Waals surface area contributed by atoms with Crippen molar-refractivity contribution in [1.82, 2.24) is 0 Å². The van der Waals surface area contributed by atoms with E-state index in [0.717, 1.165) is 31.7 Å². The molecule has 0 aromatic heterocycles. The summed E-state index contributed by atoms with van der Waals surface area (Å²) < 4.78 is 5.57. The van der Waals surface area contributed by atoms with Crippen LogP contribution >= 0.6 is 34.8 Å². The summed E-state index contributed by atoms with van der Waals surface area (Å²) in [5, 5.41) is 4.87. The van der Waals surface area contributed by atoms with E-state index >= 15 is 0 Å². The first-order valence-corrected chi connectivity index (χ1v) is 7.30. The lowest BCUT2D eigenvalue weighted by atomic mass is 10.1. The Morgan fingerprint density at radius 1 is 1.17 bits per heavy atom. The number of ether oxygens (including phenoxy) is 1. The molecule has 2 rings (SSSR count). The molecule has 18 heavy (non-hydrogen) atoms. The summed E-state index contributed by atoms with van der Waals surface area (Å²) in [4.78, 5) is 0. The maximum absolute atomic E-state index is 6.08. The van der Waals surface area contributed by atoms with Crippen LogP contribution in [0.15, 0.2) is 12.1 Å². The molecule has 0 amide bonds. The van der Waals surface area contributed by atoms with E-state index in [-0.39, 0.29) is 0 Å². The number of halogens is 3. The van der Waals surface area contributed by atoms with Crippen molar-refractivity contribution in [2.24, 2.45) is 0 Å². The van der Waals surface area contributed by atoms with E-state index in [1.54, 1.807) is 12.1 Å². The minimum Gasteiger partial charge on any atom is -0.384 e. The summed E-state index contributed by atoms with van der Waals surface area (Å²) in [6.45, 7) is 1.77. The molecule has 2 nitrogen and oxygen atoms in total. The van der Waals surface area contributed by atoms with E-state index < -0.39 is 0 Å². The van der Waals surface area contributed by atoms with Crippen LogP contribution in [0.4, 0.5) is 5.69 Å². The largest absolute Gasteiger partial charge is 0.384 e. The molecule has 1 fully saturated rings. The van der Waals surface area contributed by atoms with Crippen LogP contribution < -0.4 is 5.32 Å². The van der Waals surface area contributed by atoms with Crippen molar-refractivity contribution in [3.8, 4) is 0 Å². The molecule has 1 heterocycles. The third-order valence-electron chi connectivity index (χ3n) is 3.05. The number of anilines is 1. The fraction of sp³-hybridized carbons (Fsp3) is 0.538. The normalized spacial score (nSPS) is 19.2. The lowest BCUT2D eigenvalue weighted by molar-refractivity contribution is 0.103. The summed E-state index contributed by atoms with van der Waals surface area (Å²) in [7, 11) is 0. The van der Waals surface area contributed by atoms with Gasteiger partial charge in [0.15, 0.2) is 0 Å². The third kappa shape index (κ3) is 3.92. The van der Waals surface area contributed by atoms with E-state index in [9.17, 15) is 0 Å². The Labute approximate surface area is 123 Å². The molecule has 5 heteroatoms. The Kier molecular flexibility index (Phi) is 5.43. The standard InChI is InChI=1S/C13H16Cl3NO/c14-10-7-12(16)13(8-11(10)15)17-5-1-3-9-4-2-6-18-9/h7-9,17H,1-6H2. The summed E-state index contributed by atoms with van der Waals surface area (Å²) in [6.07, 6.45) is 4.97. The van der Waals surface area contributed by atoms with Crippen LogP contribution in [0.2, 0.25) is 15.1 Å². The molecule has 100 valence electrons. The van der Waals surface area contributed by atoms with E-state index in [4.69, 9.17) is 39.5 Å². The van der Waals surface area contributed by atoms with Gasteiger partial charge in [-0.25, -0.2) is 0 Å². The predicted octanol–water partition coefficient (Wildman–Crippen LogP) is 5.02. The summed E-state index contributed by atoms with van der Waals surface area (Å²) in [5.74, 6) is 0. The molecule has 0 bridgehead atoms. The second-order valence-electron chi connectivity index (χ2n) is 4.45. The Hall–Kier alpha value is -0.150. The summed E-state index contributed by atoms with van der Waals surface area (Å²) >= 11 is 17.9. The number of hydrogen-bond donors (Lipinski definition) is 1. The van der Waals surface area contributed by atoms with Crippen molar-refractivity contribution in [2.75, 3.05) is 18.5 Å². The highest BCUT2D eigenvalue weighted by Gasteiger charge is 2.14. The van der Waals surface area contributed by atoms with Gasteiger partial charge in [-0.3, -0.25) is 0 Å². The molecular formula is C13H16Cl3NO. The van der Waals surface area contributed by atoms with Crippen molar-refractivity contribution in [2.45, 2.75) is 31.8 Å². The van der Waals surface area contributed by atoms with Crippen molar-refractivity contribution in [3.63, 3.8) is 0 Å². The Morgan fingerprint density at radius 3 is 2.67 bits per heavy atom. The van der Waals surface area contributed by atoms with Crippen molar-refractivity contribution in [1.29, 1.82) is 0 Å². The predicted molar refractivity (Wildman–Crippen MR) is 78.2 cm³/mol. The fourth-order valence-electron chi connectivity index (χ4n) is 2.08. The second kappa shape index (κ2) is 6.85. The molecule has 0 radical (unpaired) electrons. The van der Waals surface area contributed by atoms with E-state index in [1.807, 2.05) is 0 Å². The Balaban J connectivity index is 1.77. The van der Waals surface area contributed by atoms with Crippen LogP contribution in [0, 0.1) is 0 Å². The first-order chi connectivity index (χ1) is 8.66. The molecular weight excluding hydrogens is 293 g/mol. The third-order valence-corrected chi connectivity index (χ3v) is 4.09. The maximum atomic E-state index is 6.08. The highest BCUT2D eigenvalue weighted by atomic mass is 35.5. The molecule has 0 spiro atoms. The van der Waals surface area contributed by atoms with Crippen LogP contribution in [0.5, 0.6) is 0 Å². The molecule has 1 aliphatic rings. The molecule has 1 saturated heterocycles. The smallest absolute Gasteiger partial charge is 0.0653 e. The van der Waals surface area contributed by atoms with Gasteiger partial charge in [0.1, 0.15) is 0 Å². The van der Waals surface area contributed by atoms with Gasteiger partial charge in [0.2, 0.25) is 0 Å². The molecule has 1 aliphatic heterocycles. The maximum Gasteiger partial charge on any atom is 0.0653 e. The molecule has 1 aromatic rings. The van der Waals surface area contributed by atoms with Gasteiger partial charge in [-0.15, -0.1) is 0 Å². The first kappa shape index (κ1) is 14.3. The lowest BCUT2D eigenvalue weighted by Crippen LogP contribution is -2.09. The SMILES string of the molecule is Clc1cc(Cl)c(NCCCC2CCCO2)cc1Cl. The molecule has 1 N–H and O–H groups in total. The fourth-order valence-corrected chi connectivity index (χ4v) is 2.70. The Morgan fingerprint density at radius 2 is 1.94 bits per heavy atom. The average Bonchev–Trinajstić information content (AvgIpc) is 2.84. The van der Waals surface area contributed by atoms with E-state index in [0.29, 0.717) is 21.2 Å². The van der Waals surface area contributed by atoms with Gasteiger partial charge in [0.05, 0.1) is 26.9 Å². The van der Waals surface area contributed by atoms with Crippen molar-refractivity contribution >= 4 is 40.5 Å². The minimum atomic E-state index is 0.441. The number of nitrogens with one attached hydrogen (secondary N) is 1. The van der Waals surface area contributed by atoms with Crippen LogP contribution in [-0.4, -0.2) is 19.3 Å². The number of rotatable bonds is 5. The molecule has 1 aromatic carbocycles. The number of benzene rings is 1. The second-order valence-corrected chi connectivity index (χ2v) is 5.67. The minimum absolute atomic E-state index is 0.441. The first-order valence-electron chi connectivity index (χ1n) is 6.17. The monoisotopic (exact) mass is 307 g/mol. The van der Waals surface area contributed by atoms with Crippen LogP contribution in [0.25, 0.3) is 0 Å². The van der Waals surface area contributed by atoms with Gasteiger partial charge >= 0.3 is 0 Å². The summed E-state index contributed by atoms with van der Waals surface area (Å²) in [5.41, 5.74) is 0.832. The highest BCUT2D eigenvalue weighted by Crippen LogP contribution is 2.32. The van der Waals surface area contributed by atoms with Gasteiger partial charge in [0, 0.05) is 13.2 Å². The van der Waals surface area contributed by atoms with Crippen molar-refractivity contribution in [3.05, 3.63) is 27.2 Å². The van der Waals surface area contributed by atoms with Gasteiger partial charge in [-0.05, 0) is 37.8 Å². The lowest BCUT2D eigenvalue weighted by Gasteiger charge is -2.12. The highest BCUT2D eigenvalue weighted by molar-refractivity contribution is 6.44. The molecule has 0 saturated carbocycles. The zero-order valence-electron chi connectivity index (χ0n) is 10.0. The molecule has 1 unspecified atom stereocenters. The van der Waals surface area contributed by atoms with Gasteiger partial charge in [-0.2, -0.15) is 0 Å². The van der Waals surface area contributed by atoms with Crippen LogP contribution in [0.1, 0.15) is 25.7 Å². The van der Waals surface area contributed by atoms with Gasteiger partial charge < -0.3 is 10.1 Å². The van der Waals surface area contributed by atoms with Crippen LogP contribution in [-0.2, 0) is 4.74 Å². The van der Waals surface area contributed by atoms with Gasteiger partial charge in [0.25, 0.3) is 0 Å². The zero-order valence-corrected chi connectivity index (χ0v) is 12.3. The van der Waals surface area contributed by atoms with E-state index in [1.165, 1.54) is 12.8 Å². The zero-order chi connectivity index (χ0) is 13.0. The average molecular weight is 309 g/mol. The Bertz CT molecular complexity index is 405. The summed E-state index contributed by atoms with van der Waals surface area (Å²) in [6, 6.07) is 3.42. The topological polar surface area (TPSA) is 21.3 Å². The van der Waals surface area contributed by atoms with Gasteiger partial charge in [-0.1, -0.05) is 34.8 Å². The van der Waals surface area contributed by atoms with Crippen molar-refractivity contribution < 1.29 is 4.74 Å². The molecule has 1 atom stereocenters.